The SMILES string of the molecule is O=[N+]([O-])C1CNNC1c1ccc(Cl)c(Cl)c1. The molecule has 1 heterocycles. The maximum atomic E-state index is 10.8. The summed E-state index contributed by atoms with van der Waals surface area (Å²) in [6.45, 7) is 0.290. The monoisotopic (exact) mass is 261 g/mol. The fourth-order valence-corrected chi connectivity index (χ4v) is 2.00. The van der Waals surface area contributed by atoms with Crippen LogP contribution in [0.2, 0.25) is 10.0 Å². The second kappa shape index (κ2) is 4.55. The topological polar surface area (TPSA) is 67.2 Å². The van der Waals surface area contributed by atoms with Crippen molar-refractivity contribution in [2.45, 2.75) is 12.1 Å². The van der Waals surface area contributed by atoms with Crippen LogP contribution in [0.3, 0.4) is 0 Å². The van der Waals surface area contributed by atoms with Gasteiger partial charge in [-0.3, -0.25) is 15.5 Å². The molecule has 1 aromatic carbocycles. The third-order valence-corrected chi connectivity index (χ3v) is 3.27. The molecule has 1 aliphatic heterocycles. The van der Waals surface area contributed by atoms with Crippen LogP contribution in [0.4, 0.5) is 0 Å². The quantitative estimate of drug-likeness (QED) is 0.629. The van der Waals surface area contributed by atoms with Crippen LogP contribution in [0.1, 0.15) is 11.6 Å². The fourth-order valence-electron chi connectivity index (χ4n) is 1.70. The number of benzene rings is 1. The van der Waals surface area contributed by atoms with Gasteiger partial charge in [-0.15, -0.1) is 0 Å². The van der Waals surface area contributed by atoms with Crippen molar-refractivity contribution in [3.05, 3.63) is 43.9 Å². The zero-order chi connectivity index (χ0) is 11.7. The van der Waals surface area contributed by atoms with Crippen molar-refractivity contribution in [3.8, 4) is 0 Å². The molecule has 0 bridgehead atoms. The Labute approximate surface area is 102 Å². The smallest absolute Gasteiger partial charge is 0.247 e. The first kappa shape index (κ1) is 11.6. The average Bonchev–Trinajstić information content (AvgIpc) is 2.71. The highest BCUT2D eigenvalue weighted by atomic mass is 35.5. The Morgan fingerprint density at radius 3 is 2.75 bits per heavy atom. The van der Waals surface area contributed by atoms with Crippen LogP contribution >= 0.6 is 23.2 Å². The van der Waals surface area contributed by atoms with Gasteiger partial charge in [-0.1, -0.05) is 29.3 Å². The Kier molecular flexibility index (Phi) is 3.30. The van der Waals surface area contributed by atoms with Gasteiger partial charge in [0.2, 0.25) is 6.04 Å². The van der Waals surface area contributed by atoms with Gasteiger partial charge >= 0.3 is 0 Å². The molecule has 2 rings (SSSR count). The van der Waals surface area contributed by atoms with E-state index in [1.807, 2.05) is 0 Å². The summed E-state index contributed by atoms with van der Waals surface area (Å²) in [7, 11) is 0. The summed E-state index contributed by atoms with van der Waals surface area (Å²) < 4.78 is 0. The Hall–Kier alpha value is -0.880. The number of nitrogens with zero attached hydrogens (tertiary/aromatic N) is 1. The molecule has 5 nitrogen and oxygen atoms in total. The molecule has 2 unspecified atom stereocenters. The molecule has 7 heteroatoms. The molecule has 0 aromatic heterocycles. The number of hydrazine groups is 1. The van der Waals surface area contributed by atoms with Gasteiger partial charge < -0.3 is 0 Å². The van der Waals surface area contributed by atoms with Gasteiger partial charge in [0.05, 0.1) is 16.6 Å². The molecule has 0 amide bonds. The highest BCUT2D eigenvalue weighted by Gasteiger charge is 2.37. The lowest BCUT2D eigenvalue weighted by Crippen LogP contribution is -2.29. The molecule has 0 spiro atoms. The van der Waals surface area contributed by atoms with Gasteiger partial charge in [0.15, 0.2) is 0 Å². The van der Waals surface area contributed by atoms with Crippen LogP contribution in [0, 0.1) is 10.1 Å². The molecule has 2 N–H and O–H groups in total. The normalized spacial score (nSPS) is 24.6. The third kappa shape index (κ3) is 2.12. The first-order valence-corrected chi connectivity index (χ1v) is 5.42. The Morgan fingerprint density at radius 2 is 2.12 bits per heavy atom. The van der Waals surface area contributed by atoms with E-state index in [-0.39, 0.29) is 17.5 Å². The fraction of sp³-hybridized carbons (Fsp3) is 0.333. The molecule has 86 valence electrons. The zero-order valence-corrected chi connectivity index (χ0v) is 9.63. The van der Waals surface area contributed by atoms with Crippen LogP contribution in [0.15, 0.2) is 18.2 Å². The third-order valence-electron chi connectivity index (χ3n) is 2.53. The van der Waals surface area contributed by atoms with Crippen LogP contribution in [-0.2, 0) is 0 Å². The minimum Gasteiger partial charge on any atom is -0.264 e. The Balaban J connectivity index is 2.29. The van der Waals surface area contributed by atoms with E-state index < -0.39 is 6.04 Å². The molecule has 2 atom stereocenters. The number of hydrogen-bond acceptors (Lipinski definition) is 4. The lowest BCUT2D eigenvalue weighted by atomic mass is 10.0. The van der Waals surface area contributed by atoms with Gasteiger partial charge in [-0.25, -0.2) is 5.43 Å². The molecule has 1 aromatic rings. The summed E-state index contributed by atoms with van der Waals surface area (Å²) in [5, 5.41) is 11.6. The van der Waals surface area contributed by atoms with Crippen molar-refractivity contribution in [2.24, 2.45) is 0 Å². The minimum atomic E-state index is -0.697. The molecule has 16 heavy (non-hydrogen) atoms. The van der Waals surface area contributed by atoms with Crippen molar-refractivity contribution in [2.75, 3.05) is 6.54 Å². The minimum absolute atomic E-state index is 0.290. The predicted molar refractivity (Wildman–Crippen MR) is 61.1 cm³/mol. The largest absolute Gasteiger partial charge is 0.264 e. The van der Waals surface area contributed by atoms with Crippen LogP contribution < -0.4 is 10.9 Å². The molecule has 1 aliphatic rings. The number of rotatable bonds is 2. The van der Waals surface area contributed by atoms with Crippen molar-refractivity contribution in [3.63, 3.8) is 0 Å². The molecule has 0 saturated carbocycles. The van der Waals surface area contributed by atoms with E-state index in [2.05, 4.69) is 10.9 Å². The zero-order valence-electron chi connectivity index (χ0n) is 8.11. The summed E-state index contributed by atoms with van der Waals surface area (Å²) in [5.41, 5.74) is 6.38. The molecule has 0 radical (unpaired) electrons. The second-order valence-electron chi connectivity index (χ2n) is 3.53. The molecule has 1 saturated heterocycles. The summed E-state index contributed by atoms with van der Waals surface area (Å²) in [5.74, 6) is 0. The van der Waals surface area contributed by atoms with Gasteiger partial charge in [-0.05, 0) is 17.7 Å². The van der Waals surface area contributed by atoms with E-state index in [1.165, 1.54) is 0 Å². The molecule has 1 fully saturated rings. The highest BCUT2D eigenvalue weighted by Crippen LogP contribution is 2.28. The second-order valence-corrected chi connectivity index (χ2v) is 4.34. The van der Waals surface area contributed by atoms with Crippen LogP contribution in [0.25, 0.3) is 0 Å². The summed E-state index contributed by atoms with van der Waals surface area (Å²) in [6.07, 6.45) is 0. The first-order chi connectivity index (χ1) is 7.59. The van der Waals surface area contributed by atoms with Crippen LogP contribution in [-0.4, -0.2) is 17.5 Å². The van der Waals surface area contributed by atoms with E-state index in [4.69, 9.17) is 23.2 Å². The lowest BCUT2D eigenvalue weighted by Gasteiger charge is -2.13. The average molecular weight is 262 g/mol. The van der Waals surface area contributed by atoms with E-state index in [0.717, 1.165) is 5.56 Å². The summed E-state index contributed by atoms with van der Waals surface area (Å²) in [4.78, 5) is 10.5. The number of hydrogen-bond donors (Lipinski definition) is 2. The van der Waals surface area contributed by atoms with E-state index in [9.17, 15) is 10.1 Å². The highest BCUT2D eigenvalue weighted by molar-refractivity contribution is 6.42. The molecule has 0 aliphatic carbocycles. The summed E-state index contributed by atoms with van der Waals surface area (Å²) >= 11 is 11.7. The van der Waals surface area contributed by atoms with Gasteiger partial charge in [0, 0.05) is 4.92 Å². The van der Waals surface area contributed by atoms with Crippen LogP contribution in [0.5, 0.6) is 0 Å². The van der Waals surface area contributed by atoms with Crippen molar-refractivity contribution in [1.82, 2.24) is 10.9 Å². The van der Waals surface area contributed by atoms with Crippen molar-refractivity contribution < 1.29 is 4.92 Å². The number of nitrogens with one attached hydrogen (secondary N) is 2. The maximum Gasteiger partial charge on any atom is 0.247 e. The van der Waals surface area contributed by atoms with Gasteiger partial charge in [0.1, 0.15) is 6.04 Å². The molecular formula is C9H9Cl2N3O2. The maximum absolute atomic E-state index is 10.8. The number of nitro groups is 1. The van der Waals surface area contributed by atoms with Gasteiger partial charge in [0.25, 0.3) is 0 Å². The number of halogens is 2. The Morgan fingerprint density at radius 1 is 1.38 bits per heavy atom. The van der Waals surface area contributed by atoms with Crippen molar-refractivity contribution >= 4 is 23.2 Å². The van der Waals surface area contributed by atoms with E-state index in [1.54, 1.807) is 18.2 Å². The lowest BCUT2D eigenvalue weighted by molar-refractivity contribution is -0.520. The standard InChI is InChI=1S/C9H9Cl2N3O2/c10-6-2-1-5(3-7(6)11)9-8(14(15)16)4-12-13-9/h1-3,8-9,12-13H,4H2. The predicted octanol–water partition coefficient (Wildman–Crippen LogP) is 1.79. The summed E-state index contributed by atoms with van der Waals surface area (Å²) in [6, 6.07) is 3.93. The van der Waals surface area contributed by atoms with Gasteiger partial charge in [-0.2, -0.15) is 0 Å². The first-order valence-electron chi connectivity index (χ1n) is 4.66. The Bertz CT molecular complexity index is 427. The molecular weight excluding hydrogens is 253 g/mol. The van der Waals surface area contributed by atoms with E-state index in [0.29, 0.717) is 10.0 Å². The van der Waals surface area contributed by atoms with Crippen molar-refractivity contribution in [1.29, 1.82) is 0 Å². The van der Waals surface area contributed by atoms with E-state index >= 15 is 0 Å².